The first-order valence-electron chi connectivity index (χ1n) is 7.26. The Morgan fingerprint density at radius 1 is 1.36 bits per heavy atom. The third-order valence-electron chi connectivity index (χ3n) is 3.72. The molecule has 0 aliphatic carbocycles. The molecule has 1 amide bonds. The number of amides is 1. The third-order valence-corrected chi connectivity index (χ3v) is 3.72. The van der Waals surface area contributed by atoms with Gasteiger partial charge in [-0.1, -0.05) is 18.2 Å². The van der Waals surface area contributed by atoms with Crippen LogP contribution < -0.4 is 14.8 Å². The zero-order valence-electron chi connectivity index (χ0n) is 12.4. The lowest BCUT2D eigenvalue weighted by Gasteiger charge is -2.25. The first-order valence-corrected chi connectivity index (χ1v) is 7.26. The Morgan fingerprint density at radius 2 is 2.23 bits per heavy atom. The van der Waals surface area contributed by atoms with Crippen LogP contribution in [0.1, 0.15) is 15.9 Å². The molecule has 2 heterocycles. The summed E-state index contributed by atoms with van der Waals surface area (Å²) in [6.07, 6.45) is 2.50. The highest BCUT2D eigenvalue weighted by molar-refractivity contribution is 5.96. The monoisotopic (exact) mass is 298 g/mol. The number of rotatable bonds is 4. The molecule has 1 aliphatic rings. The molecule has 1 aromatic heterocycles. The number of hydrogen-bond donors (Lipinski definition) is 1. The fourth-order valence-corrected chi connectivity index (χ4v) is 2.58. The van der Waals surface area contributed by atoms with Gasteiger partial charge in [0.1, 0.15) is 11.3 Å². The number of carbonyl (C=O) groups excluding carboxylic acids is 1. The minimum Gasteiger partial charge on any atom is -0.493 e. The Hall–Kier alpha value is -2.56. The number of nitrogens with zero attached hydrogens (tertiary/aromatic N) is 1. The van der Waals surface area contributed by atoms with Crippen LogP contribution in [0.15, 0.2) is 42.6 Å². The molecule has 1 atom stereocenters. The second kappa shape index (κ2) is 6.47. The molecule has 0 radical (unpaired) electrons. The molecule has 0 spiro atoms. The summed E-state index contributed by atoms with van der Waals surface area (Å²) < 4.78 is 10.8. The SMILES string of the molecule is COc1ncccc1C(=O)NCC1COc2ccccc2C1. The van der Waals surface area contributed by atoms with Crippen molar-refractivity contribution < 1.29 is 14.3 Å². The number of ether oxygens (including phenoxy) is 2. The Morgan fingerprint density at radius 3 is 3.09 bits per heavy atom. The summed E-state index contributed by atoms with van der Waals surface area (Å²) in [6.45, 7) is 1.17. The molecule has 0 saturated carbocycles. The molecule has 1 aliphatic heterocycles. The molecule has 2 aromatic rings. The molecular weight excluding hydrogens is 280 g/mol. The molecule has 1 unspecified atom stereocenters. The van der Waals surface area contributed by atoms with Gasteiger partial charge in [-0.15, -0.1) is 0 Å². The van der Waals surface area contributed by atoms with Gasteiger partial charge < -0.3 is 14.8 Å². The van der Waals surface area contributed by atoms with Gasteiger partial charge in [-0.3, -0.25) is 4.79 Å². The van der Waals surface area contributed by atoms with Crippen LogP contribution in [0.25, 0.3) is 0 Å². The van der Waals surface area contributed by atoms with E-state index >= 15 is 0 Å². The molecule has 114 valence electrons. The van der Waals surface area contributed by atoms with Crippen LogP contribution in [0.4, 0.5) is 0 Å². The van der Waals surface area contributed by atoms with E-state index in [1.54, 1.807) is 18.3 Å². The molecule has 0 saturated heterocycles. The maximum atomic E-state index is 12.2. The Labute approximate surface area is 129 Å². The standard InChI is InChI=1S/C17H18N2O3/c1-21-17-14(6-4-8-18-17)16(20)19-10-12-9-13-5-2-3-7-15(13)22-11-12/h2-8,12H,9-11H2,1H3,(H,19,20). The minimum absolute atomic E-state index is 0.177. The van der Waals surface area contributed by atoms with Gasteiger partial charge in [-0.2, -0.15) is 0 Å². The molecule has 5 nitrogen and oxygen atoms in total. The van der Waals surface area contributed by atoms with Gasteiger partial charge >= 0.3 is 0 Å². The van der Waals surface area contributed by atoms with Gasteiger partial charge in [0.15, 0.2) is 0 Å². The number of carbonyl (C=O) groups is 1. The molecule has 1 N–H and O–H groups in total. The van der Waals surface area contributed by atoms with Crippen LogP contribution in [0.5, 0.6) is 11.6 Å². The Bertz CT molecular complexity index is 672. The Balaban J connectivity index is 1.60. The maximum absolute atomic E-state index is 12.2. The summed E-state index contributed by atoms with van der Waals surface area (Å²) in [6, 6.07) is 11.4. The summed E-state index contributed by atoms with van der Waals surface area (Å²) in [5.41, 5.74) is 1.63. The fraction of sp³-hybridized carbons (Fsp3) is 0.294. The van der Waals surface area contributed by atoms with Crippen molar-refractivity contribution in [3.05, 3.63) is 53.7 Å². The predicted molar refractivity (Wildman–Crippen MR) is 82.3 cm³/mol. The second-order valence-corrected chi connectivity index (χ2v) is 5.26. The van der Waals surface area contributed by atoms with E-state index in [9.17, 15) is 4.79 Å². The number of fused-ring (bicyclic) bond motifs is 1. The minimum atomic E-state index is -0.177. The van der Waals surface area contributed by atoms with E-state index in [0.717, 1.165) is 12.2 Å². The average molecular weight is 298 g/mol. The number of para-hydroxylation sites is 1. The van der Waals surface area contributed by atoms with Crippen molar-refractivity contribution in [1.29, 1.82) is 0 Å². The predicted octanol–water partition coefficient (Wildman–Crippen LogP) is 2.07. The maximum Gasteiger partial charge on any atom is 0.256 e. The highest BCUT2D eigenvalue weighted by atomic mass is 16.5. The van der Waals surface area contributed by atoms with Crippen molar-refractivity contribution in [3.8, 4) is 11.6 Å². The number of hydrogen-bond acceptors (Lipinski definition) is 4. The lowest BCUT2D eigenvalue weighted by molar-refractivity contribution is 0.0935. The number of benzene rings is 1. The van der Waals surface area contributed by atoms with E-state index < -0.39 is 0 Å². The van der Waals surface area contributed by atoms with Crippen molar-refractivity contribution in [1.82, 2.24) is 10.3 Å². The topological polar surface area (TPSA) is 60.5 Å². The van der Waals surface area contributed by atoms with Gasteiger partial charge in [0.05, 0.1) is 13.7 Å². The molecule has 1 aromatic carbocycles. The zero-order chi connectivity index (χ0) is 15.4. The van der Waals surface area contributed by atoms with Crippen molar-refractivity contribution in [2.45, 2.75) is 6.42 Å². The number of methoxy groups -OCH3 is 1. The van der Waals surface area contributed by atoms with Gasteiger partial charge in [-0.25, -0.2) is 4.98 Å². The van der Waals surface area contributed by atoms with Gasteiger partial charge in [0.2, 0.25) is 5.88 Å². The van der Waals surface area contributed by atoms with Gasteiger partial charge in [0.25, 0.3) is 5.91 Å². The first-order chi connectivity index (χ1) is 10.8. The Kier molecular flexibility index (Phi) is 4.23. The van der Waals surface area contributed by atoms with Crippen LogP contribution in [-0.2, 0) is 6.42 Å². The zero-order valence-corrected chi connectivity index (χ0v) is 12.4. The third kappa shape index (κ3) is 3.03. The highest BCUT2D eigenvalue weighted by Gasteiger charge is 2.21. The van der Waals surface area contributed by atoms with Crippen molar-refractivity contribution in [2.75, 3.05) is 20.3 Å². The van der Waals surface area contributed by atoms with E-state index in [1.165, 1.54) is 12.7 Å². The summed E-state index contributed by atoms with van der Waals surface area (Å²) >= 11 is 0. The van der Waals surface area contributed by atoms with E-state index in [-0.39, 0.29) is 11.8 Å². The van der Waals surface area contributed by atoms with Gasteiger partial charge in [0, 0.05) is 18.7 Å². The quantitative estimate of drug-likeness (QED) is 0.938. The lowest BCUT2D eigenvalue weighted by Crippen LogP contribution is -2.35. The normalized spacial score (nSPS) is 16.3. The largest absolute Gasteiger partial charge is 0.493 e. The molecule has 0 bridgehead atoms. The second-order valence-electron chi connectivity index (χ2n) is 5.26. The lowest BCUT2D eigenvalue weighted by atomic mass is 9.96. The van der Waals surface area contributed by atoms with Crippen LogP contribution in [0.3, 0.4) is 0 Å². The van der Waals surface area contributed by atoms with Crippen LogP contribution in [-0.4, -0.2) is 31.2 Å². The molecule has 22 heavy (non-hydrogen) atoms. The molecule has 0 fully saturated rings. The summed E-state index contributed by atoms with van der Waals surface area (Å²) in [7, 11) is 1.50. The smallest absolute Gasteiger partial charge is 0.256 e. The van der Waals surface area contributed by atoms with Crippen molar-refractivity contribution in [2.24, 2.45) is 5.92 Å². The van der Waals surface area contributed by atoms with E-state index in [4.69, 9.17) is 9.47 Å². The van der Waals surface area contributed by atoms with Gasteiger partial charge in [-0.05, 0) is 30.2 Å². The molecule has 3 rings (SSSR count). The summed E-state index contributed by atoms with van der Waals surface area (Å²) in [5, 5.41) is 2.94. The molecular formula is C17H18N2O3. The molecule has 5 heteroatoms. The van der Waals surface area contributed by atoms with Crippen LogP contribution in [0.2, 0.25) is 0 Å². The van der Waals surface area contributed by atoms with Crippen molar-refractivity contribution >= 4 is 5.91 Å². The van der Waals surface area contributed by atoms with Crippen molar-refractivity contribution in [3.63, 3.8) is 0 Å². The van der Waals surface area contributed by atoms with Crippen LogP contribution in [0, 0.1) is 5.92 Å². The van der Waals surface area contributed by atoms with E-state index in [1.807, 2.05) is 18.2 Å². The summed E-state index contributed by atoms with van der Waals surface area (Å²) in [4.78, 5) is 16.3. The average Bonchev–Trinajstić information content (AvgIpc) is 2.59. The number of aromatic nitrogens is 1. The van der Waals surface area contributed by atoms with Crippen LogP contribution >= 0.6 is 0 Å². The fourth-order valence-electron chi connectivity index (χ4n) is 2.58. The highest BCUT2D eigenvalue weighted by Crippen LogP contribution is 2.26. The van der Waals surface area contributed by atoms with E-state index in [2.05, 4.69) is 16.4 Å². The number of pyridine rings is 1. The first kappa shape index (κ1) is 14.4. The number of nitrogens with one attached hydrogen (secondary N) is 1. The van der Waals surface area contributed by atoms with E-state index in [0.29, 0.717) is 24.6 Å². The summed E-state index contributed by atoms with van der Waals surface area (Å²) in [5.74, 6) is 1.37.